The molecule has 0 saturated heterocycles. The molecule has 0 rings (SSSR count). The van der Waals surface area contributed by atoms with Gasteiger partial charge < -0.3 is 10.2 Å². The summed E-state index contributed by atoms with van der Waals surface area (Å²) in [6.07, 6.45) is 6.57. The highest BCUT2D eigenvalue weighted by Crippen LogP contribution is 2.02. The standard InChI is InChI=1S/C15H34N2/c1-6-8-12-17(13-9-7-2)14-10-11-16-15(3,4)5/h16H,6-14H2,1-5H3. The Balaban J connectivity index is 3.66. The van der Waals surface area contributed by atoms with E-state index in [1.54, 1.807) is 0 Å². The molecule has 0 radical (unpaired) electrons. The van der Waals surface area contributed by atoms with Crippen molar-refractivity contribution in [1.82, 2.24) is 10.2 Å². The fourth-order valence-corrected chi connectivity index (χ4v) is 1.86. The van der Waals surface area contributed by atoms with Crippen molar-refractivity contribution in [2.45, 2.75) is 72.3 Å². The van der Waals surface area contributed by atoms with E-state index in [-0.39, 0.29) is 5.54 Å². The molecule has 104 valence electrons. The van der Waals surface area contributed by atoms with Crippen LogP contribution in [0, 0.1) is 0 Å². The molecular weight excluding hydrogens is 208 g/mol. The van der Waals surface area contributed by atoms with Gasteiger partial charge in [-0.3, -0.25) is 0 Å². The van der Waals surface area contributed by atoms with Crippen molar-refractivity contribution >= 4 is 0 Å². The van der Waals surface area contributed by atoms with Crippen LogP contribution in [0.5, 0.6) is 0 Å². The van der Waals surface area contributed by atoms with Crippen LogP contribution >= 0.6 is 0 Å². The lowest BCUT2D eigenvalue weighted by molar-refractivity contribution is 0.257. The Kier molecular flexibility index (Phi) is 9.85. The summed E-state index contributed by atoms with van der Waals surface area (Å²) in [6.45, 7) is 16.2. The zero-order valence-electron chi connectivity index (χ0n) is 12.8. The minimum Gasteiger partial charge on any atom is -0.312 e. The molecule has 0 fully saturated rings. The highest BCUT2D eigenvalue weighted by atomic mass is 15.1. The molecule has 2 nitrogen and oxygen atoms in total. The second-order valence-corrected chi connectivity index (χ2v) is 6.08. The molecule has 0 saturated carbocycles. The molecule has 0 unspecified atom stereocenters. The first-order valence-electron chi connectivity index (χ1n) is 7.47. The number of rotatable bonds is 10. The van der Waals surface area contributed by atoms with Gasteiger partial charge in [-0.05, 0) is 66.2 Å². The van der Waals surface area contributed by atoms with Gasteiger partial charge in [0, 0.05) is 5.54 Å². The first kappa shape index (κ1) is 16.9. The molecule has 1 N–H and O–H groups in total. The van der Waals surface area contributed by atoms with Gasteiger partial charge >= 0.3 is 0 Å². The second kappa shape index (κ2) is 9.90. The minimum atomic E-state index is 0.262. The maximum atomic E-state index is 3.56. The third kappa shape index (κ3) is 12.2. The number of hydrogen-bond acceptors (Lipinski definition) is 2. The van der Waals surface area contributed by atoms with Crippen molar-refractivity contribution in [3.05, 3.63) is 0 Å². The van der Waals surface area contributed by atoms with Gasteiger partial charge in [0.1, 0.15) is 0 Å². The maximum Gasteiger partial charge on any atom is 0.00965 e. The Morgan fingerprint density at radius 2 is 1.29 bits per heavy atom. The molecule has 0 aliphatic heterocycles. The van der Waals surface area contributed by atoms with Crippen LogP contribution in [0.3, 0.4) is 0 Å². The lowest BCUT2D eigenvalue weighted by Crippen LogP contribution is -2.38. The Labute approximate surface area is 109 Å². The Hall–Kier alpha value is -0.0800. The van der Waals surface area contributed by atoms with Gasteiger partial charge in [0.15, 0.2) is 0 Å². The molecule has 0 bridgehead atoms. The summed E-state index contributed by atoms with van der Waals surface area (Å²) < 4.78 is 0. The van der Waals surface area contributed by atoms with Crippen LogP contribution in [-0.4, -0.2) is 36.6 Å². The van der Waals surface area contributed by atoms with Crippen molar-refractivity contribution in [2.24, 2.45) is 0 Å². The molecular formula is C15H34N2. The third-order valence-corrected chi connectivity index (χ3v) is 2.96. The Bertz CT molecular complexity index is 153. The fourth-order valence-electron chi connectivity index (χ4n) is 1.86. The number of nitrogens with zero attached hydrogens (tertiary/aromatic N) is 1. The van der Waals surface area contributed by atoms with Crippen molar-refractivity contribution in [3.63, 3.8) is 0 Å². The zero-order chi connectivity index (χ0) is 13.1. The third-order valence-electron chi connectivity index (χ3n) is 2.96. The molecule has 0 atom stereocenters. The first-order valence-corrected chi connectivity index (χ1v) is 7.47. The number of hydrogen-bond donors (Lipinski definition) is 1. The predicted molar refractivity (Wildman–Crippen MR) is 78.6 cm³/mol. The number of nitrogens with one attached hydrogen (secondary N) is 1. The zero-order valence-corrected chi connectivity index (χ0v) is 12.8. The molecule has 0 aromatic heterocycles. The van der Waals surface area contributed by atoms with Crippen molar-refractivity contribution < 1.29 is 0 Å². The molecule has 0 aromatic carbocycles. The van der Waals surface area contributed by atoms with Crippen LogP contribution in [0.4, 0.5) is 0 Å². The van der Waals surface area contributed by atoms with Gasteiger partial charge in [-0.2, -0.15) is 0 Å². The van der Waals surface area contributed by atoms with Gasteiger partial charge in [0.25, 0.3) is 0 Å². The molecule has 17 heavy (non-hydrogen) atoms. The summed E-state index contributed by atoms with van der Waals surface area (Å²) >= 11 is 0. The predicted octanol–water partition coefficient (Wildman–Crippen LogP) is 3.67. The average Bonchev–Trinajstić information content (AvgIpc) is 2.25. The van der Waals surface area contributed by atoms with Gasteiger partial charge in [-0.1, -0.05) is 26.7 Å². The van der Waals surface area contributed by atoms with Crippen LogP contribution in [0.25, 0.3) is 0 Å². The van der Waals surface area contributed by atoms with Gasteiger partial charge in [0.2, 0.25) is 0 Å². The number of unbranched alkanes of at least 4 members (excludes halogenated alkanes) is 2. The smallest absolute Gasteiger partial charge is 0.00965 e. The molecule has 0 aliphatic rings. The summed E-state index contributed by atoms with van der Waals surface area (Å²) in [5.41, 5.74) is 0.262. The molecule has 0 heterocycles. The quantitative estimate of drug-likeness (QED) is 0.588. The van der Waals surface area contributed by atoms with E-state index >= 15 is 0 Å². The highest BCUT2D eigenvalue weighted by molar-refractivity contribution is 4.70. The lowest BCUT2D eigenvalue weighted by Gasteiger charge is -2.24. The molecule has 0 aliphatic carbocycles. The lowest BCUT2D eigenvalue weighted by atomic mass is 10.1. The van der Waals surface area contributed by atoms with Gasteiger partial charge in [0.05, 0.1) is 0 Å². The monoisotopic (exact) mass is 242 g/mol. The van der Waals surface area contributed by atoms with E-state index in [2.05, 4.69) is 44.8 Å². The molecule has 0 spiro atoms. The summed E-state index contributed by atoms with van der Waals surface area (Å²) in [4.78, 5) is 2.64. The van der Waals surface area contributed by atoms with Crippen molar-refractivity contribution in [1.29, 1.82) is 0 Å². The minimum absolute atomic E-state index is 0.262. The van der Waals surface area contributed by atoms with E-state index in [9.17, 15) is 0 Å². The van der Waals surface area contributed by atoms with E-state index in [4.69, 9.17) is 0 Å². The topological polar surface area (TPSA) is 15.3 Å². The Morgan fingerprint density at radius 3 is 1.71 bits per heavy atom. The average molecular weight is 242 g/mol. The van der Waals surface area contributed by atoms with Gasteiger partial charge in [-0.15, -0.1) is 0 Å². The summed E-state index contributed by atoms with van der Waals surface area (Å²) in [5, 5.41) is 3.56. The van der Waals surface area contributed by atoms with E-state index in [0.29, 0.717) is 0 Å². The Morgan fingerprint density at radius 1 is 0.824 bits per heavy atom. The summed E-state index contributed by atoms with van der Waals surface area (Å²) in [6, 6.07) is 0. The normalized spacial score (nSPS) is 12.4. The second-order valence-electron chi connectivity index (χ2n) is 6.08. The maximum absolute atomic E-state index is 3.56. The largest absolute Gasteiger partial charge is 0.312 e. The first-order chi connectivity index (χ1) is 7.99. The van der Waals surface area contributed by atoms with E-state index in [1.807, 2.05) is 0 Å². The van der Waals surface area contributed by atoms with Gasteiger partial charge in [-0.25, -0.2) is 0 Å². The fraction of sp³-hybridized carbons (Fsp3) is 1.00. The van der Waals surface area contributed by atoms with Crippen LogP contribution in [-0.2, 0) is 0 Å². The molecule has 0 amide bonds. The van der Waals surface area contributed by atoms with Crippen molar-refractivity contribution in [3.8, 4) is 0 Å². The van der Waals surface area contributed by atoms with Crippen LogP contribution < -0.4 is 5.32 Å². The molecule has 2 heteroatoms. The van der Waals surface area contributed by atoms with Crippen LogP contribution in [0.1, 0.15) is 66.7 Å². The van der Waals surface area contributed by atoms with Crippen molar-refractivity contribution in [2.75, 3.05) is 26.2 Å². The summed E-state index contributed by atoms with van der Waals surface area (Å²) in [7, 11) is 0. The SMILES string of the molecule is CCCCN(CCCC)CCCNC(C)(C)C. The summed E-state index contributed by atoms with van der Waals surface area (Å²) in [5.74, 6) is 0. The highest BCUT2D eigenvalue weighted by Gasteiger charge is 2.08. The van der Waals surface area contributed by atoms with Crippen LogP contribution in [0.2, 0.25) is 0 Å². The molecule has 0 aromatic rings. The van der Waals surface area contributed by atoms with E-state index in [0.717, 1.165) is 6.54 Å². The van der Waals surface area contributed by atoms with E-state index in [1.165, 1.54) is 51.7 Å². The van der Waals surface area contributed by atoms with E-state index < -0.39 is 0 Å². The van der Waals surface area contributed by atoms with Crippen LogP contribution in [0.15, 0.2) is 0 Å².